The van der Waals surface area contributed by atoms with Crippen LogP contribution in [0.15, 0.2) is 29.2 Å². The van der Waals surface area contributed by atoms with Gasteiger partial charge in [-0.3, -0.25) is 9.59 Å². The van der Waals surface area contributed by atoms with E-state index < -0.39 is 11.9 Å². The molecular formula is C15H19NO4S. The van der Waals surface area contributed by atoms with Crippen LogP contribution in [0.5, 0.6) is 5.75 Å². The van der Waals surface area contributed by atoms with Gasteiger partial charge in [0.25, 0.3) is 0 Å². The highest BCUT2D eigenvalue weighted by Gasteiger charge is 2.30. The number of rotatable bonds is 6. The first kappa shape index (κ1) is 15.7. The topological polar surface area (TPSA) is 66.8 Å². The Hall–Kier alpha value is -1.69. The van der Waals surface area contributed by atoms with Crippen LogP contribution in [-0.2, 0) is 9.59 Å². The maximum atomic E-state index is 12.0. The fraction of sp³-hybridized carbons (Fsp3) is 0.467. The summed E-state index contributed by atoms with van der Waals surface area (Å²) in [5.41, 5.74) is 0. The largest absolute Gasteiger partial charge is 0.494 e. The smallest absolute Gasteiger partial charge is 0.308 e. The van der Waals surface area contributed by atoms with E-state index in [1.165, 1.54) is 11.8 Å². The van der Waals surface area contributed by atoms with Gasteiger partial charge in [-0.1, -0.05) is 0 Å². The molecule has 0 aromatic heterocycles. The zero-order valence-electron chi connectivity index (χ0n) is 11.9. The summed E-state index contributed by atoms with van der Waals surface area (Å²) >= 11 is 1.46. The van der Waals surface area contributed by atoms with Crippen molar-refractivity contribution in [2.45, 2.75) is 18.2 Å². The van der Waals surface area contributed by atoms with Gasteiger partial charge in [-0.2, -0.15) is 0 Å². The van der Waals surface area contributed by atoms with Gasteiger partial charge in [0.1, 0.15) is 5.75 Å². The Kier molecular flexibility index (Phi) is 5.50. The lowest BCUT2D eigenvalue weighted by Crippen LogP contribution is -2.31. The number of carbonyl (C=O) groups excluding carboxylic acids is 1. The minimum atomic E-state index is -0.815. The molecular weight excluding hydrogens is 290 g/mol. The number of ether oxygens (including phenoxy) is 1. The molecule has 21 heavy (non-hydrogen) atoms. The number of thioether (sulfide) groups is 1. The highest BCUT2D eigenvalue weighted by Crippen LogP contribution is 2.23. The Bertz CT molecular complexity index is 503. The third-order valence-corrected chi connectivity index (χ3v) is 4.38. The van der Waals surface area contributed by atoms with Crippen molar-refractivity contribution in [2.24, 2.45) is 5.92 Å². The van der Waals surface area contributed by atoms with Crippen molar-refractivity contribution >= 4 is 23.6 Å². The quantitative estimate of drug-likeness (QED) is 0.815. The molecule has 0 aliphatic carbocycles. The Morgan fingerprint density at radius 3 is 2.67 bits per heavy atom. The first-order chi connectivity index (χ1) is 10.1. The van der Waals surface area contributed by atoms with Crippen LogP contribution in [0.3, 0.4) is 0 Å². The van der Waals surface area contributed by atoms with Crippen molar-refractivity contribution in [1.82, 2.24) is 4.90 Å². The van der Waals surface area contributed by atoms with E-state index in [0.717, 1.165) is 10.6 Å². The molecule has 1 saturated heterocycles. The van der Waals surface area contributed by atoms with Crippen molar-refractivity contribution in [3.63, 3.8) is 0 Å². The Morgan fingerprint density at radius 1 is 1.38 bits per heavy atom. The highest BCUT2D eigenvalue weighted by molar-refractivity contribution is 8.00. The van der Waals surface area contributed by atoms with Gasteiger partial charge in [-0.05, 0) is 37.6 Å². The van der Waals surface area contributed by atoms with Gasteiger partial charge in [-0.25, -0.2) is 0 Å². The average molecular weight is 309 g/mol. The first-order valence-electron chi connectivity index (χ1n) is 6.96. The summed E-state index contributed by atoms with van der Waals surface area (Å²) in [5.74, 6) is -0.0797. The average Bonchev–Trinajstić information content (AvgIpc) is 2.97. The molecule has 1 aliphatic heterocycles. The molecule has 0 bridgehead atoms. The fourth-order valence-corrected chi connectivity index (χ4v) is 3.02. The van der Waals surface area contributed by atoms with Crippen LogP contribution in [-0.4, -0.2) is 47.3 Å². The second-order valence-electron chi connectivity index (χ2n) is 4.86. The summed E-state index contributed by atoms with van der Waals surface area (Å²) < 4.78 is 5.36. The van der Waals surface area contributed by atoms with Gasteiger partial charge < -0.3 is 14.7 Å². The number of carboxylic acid groups (broad SMARTS) is 1. The summed E-state index contributed by atoms with van der Waals surface area (Å²) in [4.78, 5) is 25.6. The number of hydrogen-bond acceptors (Lipinski definition) is 4. The highest BCUT2D eigenvalue weighted by atomic mass is 32.2. The van der Waals surface area contributed by atoms with Gasteiger partial charge in [0.05, 0.1) is 18.3 Å². The zero-order valence-corrected chi connectivity index (χ0v) is 12.8. The van der Waals surface area contributed by atoms with Crippen LogP contribution in [0.1, 0.15) is 13.3 Å². The number of nitrogens with zero attached hydrogens (tertiary/aromatic N) is 1. The van der Waals surface area contributed by atoms with E-state index in [9.17, 15) is 9.59 Å². The molecule has 1 N–H and O–H groups in total. The SMILES string of the molecule is CCOc1ccc(SCC(=O)N2CCC(C(=O)O)C2)cc1. The molecule has 6 heteroatoms. The molecule has 1 heterocycles. The number of amides is 1. The van der Waals surface area contributed by atoms with E-state index in [1.807, 2.05) is 31.2 Å². The molecule has 1 amide bonds. The lowest BCUT2D eigenvalue weighted by molar-refractivity contribution is -0.141. The minimum absolute atomic E-state index is 0.00219. The first-order valence-corrected chi connectivity index (χ1v) is 7.95. The van der Waals surface area contributed by atoms with Crippen molar-refractivity contribution in [1.29, 1.82) is 0 Å². The van der Waals surface area contributed by atoms with E-state index in [-0.39, 0.29) is 5.91 Å². The third-order valence-electron chi connectivity index (χ3n) is 3.39. The molecule has 2 rings (SSSR count). The van der Waals surface area contributed by atoms with Gasteiger partial charge >= 0.3 is 5.97 Å². The standard InChI is InChI=1S/C15H19NO4S/c1-2-20-12-3-5-13(6-4-12)21-10-14(17)16-8-7-11(9-16)15(18)19/h3-6,11H,2,7-10H2,1H3,(H,18,19). The number of carboxylic acids is 1. The maximum absolute atomic E-state index is 12.0. The van der Waals surface area contributed by atoms with Crippen molar-refractivity contribution in [3.05, 3.63) is 24.3 Å². The van der Waals surface area contributed by atoms with Crippen molar-refractivity contribution in [3.8, 4) is 5.75 Å². The molecule has 1 aromatic carbocycles. The summed E-state index contributed by atoms with van der Waals surface area (Å²) in [6.07, 6.45) is 0.550. The third kappa shape index (κ3) is 4.39. The number of benzene rings is 1. The van der Waals surface area contributed by atoms with Gasteiger partial charge in [0.15, 0.2) is 0 Å². The molecule has 0 spiro atoms. The molecule has 114 valence electrons. The minimum Gasteiger partial charge on any atom is -0.494 e. The molecule has 0 radical (unpaired) electrons. The van der Waals surface area contributed by atoms with Crippen LogP contribution in [0.2, 0.25) is 0 Å². The molecule has 1 aliphatic rings. The van der Waals surface area contributed by atoms with Crippen LogP contribution in [0.4, 0.5) is 0 Å². The summed E-state index contributed by atoms with van der Waals surface area (Å²) in [7, 11) is 0. The molecule has 1 aromatic rings. The lowest BCUT2D eigenvalue weighted by Gasteiger charge is -2.15. The second kappa shape index (κ2) is 7.36. The van der Waals surface area contributed by atoms with E-state index >= 15 is 0 Å². The van der Waals surface area contributed by atoms with Gasteiger partial charge in [0, 0.05) is 18.0 Å². The summed E-state index contributed by atoms with van der Waals surface area (Å²) in [6, 6.07) is 7.61. The monoisotopic (exact) mass is 309 g/mol. The molecule has 0 saturated carbocycles. The van der Waals surface area contributed by atoms with Crippen molar-refractivity contribution < 1.29 is 19.4 Å². The maximum Gasteiger partial charge on any atom is 0.308 e. The number of carbonyl (C=O) groups is 2. The van der Waals surface area contributed by atoms with Crippen LogP contribution in [0, 0.1) is 5.92 Å². The lowest BCUT2D eigenvalue weighted by atomic mass is 10.1. The predicted molar refractivity (Wildman–Crippen MR) is 80.7 cm³/mol. The number of aliphatic carboxylic acids is 1. The predicted octanol–water partition coefficient (Wildman–Crippen LogP) is 2.11. The molecule has 1 atom stereocenters. The van der Waals surface area contributed by atoms with Gasteiger partial charge in [0.2, 0.25) is 5.91 Å². The second-order valence-corrected chi connectivity index (χ2v) is 5.91. The molecule has 1 fully saturated rings. The number of hydrogen-bond donors (Lipinski definition) is 1. The van der Waals surface area contributed by atoms with Gasteiger partial charge in [-0.15, -0.1) is 11.8 Å². The van der Waals surface area contributed by atoms with E-state index in [2.05, 4.69) is 0 Å². The van der Waals surface area contributed by atoms with Crippen LogP contribution < -0.4 is 4.74 Å². The van der Waals surface area contributed by atoms with E-state index in [4.69, 9.17) is 9.84 Å². The summed E-state index contributed by atoms with van der Waals surface area (Å²) in [5, 5.41) is 8.94. The number of likely N-dealkylation sites (tertiary alicyclic amines) is 1. The van der Waals surface area contributed by atoms with E-state index in [0.29, 0.717) is 31.9 Å². The summed E-state index contributed by atoms with van der Waals surface area (Å²) in [6.45, 7) is 3.43. The van der Waals surface area contributed by atoms with Crippen LogP contribution >= 0.6 is 11.8 Å². The Morgan fingerprint density at radius 2 is 2.10 bits per heavy atom. The normalized spacial score (nSPS) is 17.8. The van der Waals surface area contributed by atoms with Crippen molar-refractivity contribution in [2.75, 3.05) is 25.4 Å². The van der Waals surface area contributed by atoms with E-state index in [1.54, 1.807) is 4.90 Å². The molecule has 1 unspecified atom stereocenters. The van der Waals surface area contributed by atoms with Crippen LogP contribution in [0.25, 0.3) is 0 Å². The Labute approximate surface area is 128 Å². The Balaban J connectivity index is 1.80. The fourth-order valence-electron chi connectivity index (χ4n) is 2.22. The molecule has 5 nitrogen and oxygen atoms in total. The zero-order chi connectivity index (χ0) is 15.2.